The van der Waals surface area contributed by atoms with Crippen molar-refractivity contribution in [1.82, 2.24) is 9.13 Å². The molecule has 10 rings (SSSR count). The smallest absolute Gasteiger partial charge is 0.0619 e. The van der Waals surface area contributed by atoms with E-state index in [1.165, 1.54) is 82.3 Å². The lowest BCUT2D eigenvalue weighted by atomic mass is 9.93. The van der Waals surface area contributed by atoms with Gasteiger partial charge < -0.3 is 9.13 Å². The minimum absolute atomic E-state index is 0.244. The summed E-state index contributed by atoms with van der Waals surface area (Å²) in [5.41, 5.74) is 12.3. The van der Waals surface area contributed by atoms with E-state index in [0.717, 1.165) is 12.1 Å². The van der Waals surface area contributed by atoms with Crippen molar-refractivity contribution in [3.63, 3.8) is 0 Å². The highest BCUT2D eigenvalue weighted by Gasteiger charge is 2.27. The summed E-state index contributed by atoms with van der Waals surface area (Å²) in [4.78, 5) is 0. The molecule has 1 unspecified atom stereocenters. The predicted octanol–water partition coefficient (Wildman–Crippen LogP) is 11.3. The van der Waals surface area contributed by atoms with E-state index in [9.17, 15) is 0 Å². The van der Waals surface area contributed by atoms with Gasteiger partial charge in [0.2, 0.25) is 0 Å². The molecule has 1 aliphatic carbocycles. The second-order valence-electron chi connectivity index (χ2n) is 12.1. The van der Waals surface area contributed by atoms with Gasteiger partial charge in [-0.15, -0.1) is 0 Å². The Labute approximate surface area is 255 Å². The number of rotatable bonds is 2. The van der Waals surface area contributed by atoms with E-state index in [1.54, 1.807) is 0 Å². The Kier molecular flexibility index (Phi) is 4.74. The average molecular weight is 561 g/mol. The summed E-state index contributed by atoms with van der Waals surface area (Å²) in [7, 11) is 0. The van der Waals surface area contributed by atoms with Gasteiger partial charge in [0.25, 0.3) is 0 Å². The van der Waals surface area contributed by atoms with Gasteiger partial charge in [0, 0.05) is 44.3 Å². The van der Waals surface area contributed by atoms with Crippen LogP contribution in [-0.4, -0.2) is 9.13 Å². The Morgan fingerprint density at radius 1 is 0.591 bits per heavy atom. The lowest BCUT2D eigenvalue weighted by Gasteiger charge is -2.20. The molecule has 0 fully saturated rings. The fraction of sp³-hybridized carbons (Fsp3) is 0.0476. The Balaban J connectivity index is 1.43. The maximum absolute atomic E-state index is 4.75. The van der Waals surface area contributed by atoms with Crippen molar-refractivity contribution in [1.29, 1.82) is 0 Å². The molecule has 0 amide bonds. The molecule has 0 spiro atoms. The van der Waals surface area contributed by atoms with Gasteiger partial charge in [-0.25, -0.2) is 0 Å². The van der Waals surface area contributed by atoms with Crippen LogP contribution in [0, 0.1) is 5.92 Å². The monoisotopic (exact) mass is 560 g/mol. The number of hydrogen-bond donors (Lipinski definition) is 0. The van der Waals surface area contributed by atoms with E-state index >= 15 is 0 Å². The number of hydrogen-bond acceptors (Lipinski definition) is 0. The summed E-state index contributed by atoms with van der Waals surface area (Å²) in [5.74, 6) is 0.244. The molecule has 2 aromatic heterocycles. The van der Waals surface area contributed by atoms with Crippen molar-refractivity contribution in [2.45, 2.75) is 6.42 Å². The second kappa shape index (κ2) is 8.72. The lowest BCUT2D eigenvalue weighted by Crippen LogP contribution is -2.07. The van der Waals surface area contributed by atoms with Crippen LogP contribution in [0.1, 0.15) is 6.42 Å². The molecule has 2 nitrogen and oxygen atoms in total. The third-order valence-corrected chi connectivity index (χ3v) is 9.91. The summed E-state index contributed by atoms with van der Waals surface area (Å²) in [6.07, 6.45) is 9.80. The van der Waals surface area contributed by atoms with Crippen LogP contribution in [0.15, 0.2) is 146 Å². The molecule has 206 valence electrons. The highest BCUT2D eigenvalue weighted by atomic mass is 15.0. The molecule has 0 saturated heterocycles. The highest BCUT2D eigenvalue weighted by Crippen LogP contribution is 2.49. The quantitative estimate of drug-likeness (QED) is 0.199. The standard InChI is InChI=1S/C42H28N2/c1-26(27-12-3-2-4-13-27)43-38-23-22-28-14-5-6-15-29(28)41(38)36-25-39-35(24-40(36)43)31-17-8-7-16-30(31)33-19-11-20-34-32-18-9-10-21-37(32)44(39)42(33)34/h2-12,14-25,27H,1,13H2. The van der Waals surface area contributed by atoms with E-state index in [1.807, 2.05) is 0 Å². The van der Waals surface area contributed by atoms with Gasteiger partial charge in [-0.1, -0.05) is 122 Å². The number of para-hydroxylation sites is 2. The first-order valence-corrected chi connectivity index (χ1v) is 15.4. The minimum atomic E-state index is 0.244. The van der Waals surface area contributed by atoms with Crippen molar-refractivity contribution in [3.8, 4) is 27.9 Å². The van der Waals surface area contributed by atoms with Crippen LogP contribution in [-0.2, 0) is 0 Å². The third kappa shape index (κ3) is 3.04. The lowest BCUT2D eigenvalue weighted by molar-refractivity contribution is 0.805. The van der Waals surface area contributed by atoms with Gasteiger partial charge in [0.1, 0.15) is 0 Å². The molecule has 2 heteroatoms. The third-order valence-electron chi connectivity index (χ3n) is 9.91. The zero-order valence-electron chi connectivity index (χ0n) is 24.2. The Morgan fingerprint density at radius 2 is 1.34 bits per heavy atom. The van der Waals surface area contributed by atoms with Gasteiger partial charge in [-0.3, -0.25) is 0 Å². The van der Waals surface area contributed by atoms with Crippen molar-refractivity contribution in [3.05, 3.63) is 146 Å². The number of aromatic nitrogens is 2. The van der Waals surface area contributed by atoms with Crippen LogP contribution in [0.2, 0.25) is 0 Å². The SMILES string of the molecule is C=C(C1C=CC=CC1)n1c2cc3c(cc2c2c4ccccc4ccc21)-n1c2ccccc2c2cccc(c21)-c1ccccc1-3. The van der Waals surface area contributed by atoms with Crippen LogP contribution in [0.4, 0.5) is 0 Å². The maximum Gasteiger partial charge on any atom is 0.0619 e. The molecule has 6 aromatic carbocycles. The molecule has 1 aliphatic heterocycles. The first-order valence-electron chi connectivity index (χ1n) is 15.4. The molecule has 8 aromatic rings. The summed E-state index contributed by atoms with van der Waals surface area (Å²) in [6.45, 7) is 4.75. The predicted molar refractivity (Wildman–Crippen MR) is 187 cm³/mol. The number of allylic oxidation sites excluding steroid dienone is 5. The summed E-state index contributed by atoms with van der Waals surface area (Å²) in [5, 5.41) is 7.65. The molecule has 0 bridgehead atoms. The average Bonchev–Trinajstić information content (AvgIpc) is 3.56. The van der Waals surface area contributed by atoms with Gasteiger partial charge in [-0.05, 0) is 52.6 Å². The molecule has 1 atom stereocenters. The molecule has 0 N–H and O–H groups in total. The molecule has 2 aliphatic rings. The van der Waals surface area contributed by atoms with Gasteiger partial charge in [-0.2, -0.15) is 0 Å². The Bertz CT molecular complexity index is 2600. The first-order chi connectivity index (χ1) is 21.8. The Morgan fingerprint density at radius 3 is 2.20 bits per heavy atom. The number of benzene rings is 6. The van der Waals surface area contributed by atoms with E-state index < -0.39 is 0 Å². The zero-order valence-corrected chi connectivity index (χ0v) is 24.2. The maximum atomic E-state index is 4.75. The molecule has 3 heterocycles. The fourth-order valence-corrected chi connectivity index (χ4v) is 7.96. The van der Waals surface area contributed by atoms with E-state index in [0.29, 0.717) is 0 Å². The summed E-state index contributed by atoms with van der Waals surface area (Å²) >= 11 is 0. The van der Waals surface area contributed by atoms with Crippen molar-refractivity contribution in [2.24, 2.45) is 5.92 Å². The largest absolute Gasteiger partial charge is 0.313 e. The zero-order chi connectivity index (χ0) is 28.9. The molecular formula is C42H28N2. The highest BCUT2D eigenvalue weighted by molar-refractivity contribution is 6.24. The van der Waals surface area contributed by atoms with Crippen LogP contribution in [0.25, 0.3) is 88.0 Å². The van der Waals surface area contributed by atoms with Crippen LogP contribution >= 0.6 is 0 Å². The Hall–Kier alpha value is -5.60. The van der Waals surface area contributed by atoms with Crippen molar-refractivity contribution < 1.29 is 0 Å². The minimum Gasteiger partial charge on any atom is -0.313 e. The van der Waals surface area contributed by atoms with Crippen molar-refractivity contribution >= 4 is 60.1 Å². The molecule has 44 heavy (non-hydrogen) atoms. The molecule has 0 radical (unpaired) electrons. The van der Waals surface area contributed by atoms with E-state index in [-0.39, 0.29) is 5.92 Å². The normalized spacial score (nSPS) is 15.3. The van der Waals surface area contributed by atoms with Crippen LogP contribution in [0.5, 0.6) is 0 Å². The summed E-state index contributed by atoms with van der Waals surface area (Å²) in [6, 6.07) is 42.8. The second-order valence-corrected chi connectivity index (χ2v) is 12.1. The van der Waals surface area contributed by atoms with E-state index in [4.69, 9.17) is 6.58 Å². The van der Waals surface area contributed by atoms with Gasteiger partial charge >= 0.3 is 0 Å². The molecule has 0 saturated carbocycles. The summed E-state index contributed by atoms with van der Waals surface area (Å²) < 4.78 is 4.96. The number of fused-ring (bicyclic) bond motifs is 13. The molecular weight excluding hydrogens is 532 g/mol. The van der Waals surface area contributed by atoms with Crippen molar-refractivity contribution in [2.75, 3.05) is 0 Å². The fourth-order valence-electron chi connectivity index (χ4n) is 7.96. The van der Waals surface area contributed by atoms with Crippen LogP contribution < -0.4 is 0 Å². The van der Waals surface area contributed by atoms with E-state index in [2.05, 4.69) is 149 Å². The van der Waals surface area contributed by atoms with Crippen LogP contribution in [0.3, 0.4) is 0 Å². The van der Waals surface area contributed by atoms with Gasteiger partial charge in [0.05, 0.1) is 27.8 Å². The topological polar surface area (TPSA) is 9.86 Å². The number of nitrogens with zero attached hydrogens (tertiary/aromatic N) is 2. The first kappa shape index (κ1) is 23.9. The van der Waals surface area contributed by atoms with Gasteiger partial charge in [0.15, 0.2) is 0 Å².